The van der Waals surface area contributed by atoms with E-state index in [-0.39, 0.29) is 18.8 Å². The van der Waals surface area contributed by atoms with Crippen molar-refractivity contribution in [2.24, 2.45) is 0 Å². The predicted octanol–water partition coefficient (Wildman–Crippen LogP) is 3.80. The van der Waals surface area contributed by atoms with Gasteiger partial charge in [-0.25, -0.2) is 9.59 Å². The second kappa shape index (κ2) is 9.05. The maximum Gasteiger partial charge on any atom is 0.338 e. The highest BCUT2D eigenvalue weighted by Crippen LogP contribution is 2.18. The first-order chi connectivity index (χ1) is 10.5. The second-order valence-corrected chi connectivity index (χ2v) is 4.85. The normalized spacial score (nSPS) is 12.0. The van der Waals surface area contributed by atoms with Crippen LogP contribution < -0.4 is 0 Å². The van der Waals surface area contributed by atoms with Gasteiger partial charge in [-0.1, -0.05) is 29.8 Å². The van der Waals surface area contributed by atoms with Crippen molar-refractivity contribution in [1.29, 1.82) is 0 Å². The van der Waals surface area contributed by atoms with E-state index in [4.69, 9.17) is 21.1 Å². The number of halogens is 1. The molecule has 0 radical (unpaired) electrons. The van der Waals surface area contributed by atoms with Gasteiger partial charge in [-0.15, -0.1) is 0 Å². The van der Waals surface area contributed by atoms with E-state index in [9.17, 15) is 9.59 Å². The molecule has 1 rings (SSSR count). The van der Waals surface area contributed by atoms with Crippen LogP contribution in [0.15, 0.2) is 41.5 Å². The molecule has 4 nitrogen and oxygen atoms in total. The quantitative estimate of drug-likeness (QED) is 0.454. The minimum Gasteiger partial charge on any atom is -0.463 e. The summed E-state index contributed by atoms with van der Waals surface area (Å²) in [6.45, 7) is 5.59. The fraction of sp³-hybridized carbons (Fsp3) is 0.294. The third kappa shape index (κ3) is 5.74. The molecule has 118 valence electrons. The number of hydrogen-bond acceptors (Lipinski definition) is 4. The van der Waals surface area contributed by atoms with Crippen molar-refractivity contribution >= 4 is 29.6 Å². The van der Waals surface area contributed by atoms with Crippen molar-refractivity contribution in [3.05, 3.63) is 52.1 Å². The van der Waals surface area contributed by atoms with Crippen LogP contribution in [0.4, 0.5) is 0 Å². The van der Waals surface area contributed by atoms with Crippen LogP contribution in [-0.4, -0.2) is 25.2 Å². The Kier molecular flexibility index (Phi) is 7.40. The number of ether oxygens (including phenoxy) is 2. The Morgan fingerprint density at radius 2 is 1.86 bits per heavy atom. The summed E-state index contributed by atoms with van der Waals surface area (Å²) in [5.74, 6) is -1.14. The standard InChI is InChI=1S/C17H19ClO4/c1-4-21-16(19)11-15(17(20)22-5-2)12(3)9-13-7-6-8-14(18)10-13/h6-11H,4-5H2,1-3H3/b12-9+,15-11+. The number of benzene rings is 1. The van der Waals surface area contributed by atoms with Crippen molar-refractivity contribution in [3.63, 3.8) is 0 Å². The summed E-state index contributed by atoms with van der Waals surface area (Å²) in [4.78, 5) is 23.6. The van der Waals surface area contributed by atoms with Gasteiger partial charge in [0.25, 0.3) is 0 Å². The molecule has 0 bridgehead atoms. The van der Waals surface area contributed by atoms with Crippen LogP contribution in [0.1, 0.15) is 26.3 Å². The van der Waals surface area contributed by atoms with Crippen LogP contribution in [0, 0.1) is 0 Å². The Morgan fingerprint density at radius 1 is 1.18 bits per heavy atom. The number of hydrogen-bond donors (Lipinski definition) is 0. The first kappa shape index (κ1) is 18.0. The number of rotatable bonds is 6. The van der Waals surface area contributed by atoms with Gasteiger partial charge in [-0.2, -0.15) is 0 Å². The third-order valence-electron chi connectivity index (χ3n) is 2.70. The Hall–Kier alpha value is -2.07. The summed E-state index contributed by atoms with van der Waals surface area (Å²) >= 11 is 5.94. The van der Waals surface area contributed by atoms with E-state index in [1.54, 1.807) is 45.0 Å². The molecule has 0 spiro atoms. The van der Waals surface area contributed by atoms with E-state index in [2.05, 4.69) is 0 Å². The average molecular weight is 323 g/mol. The predicted molar refractivity (Wildman–Crippen MR) is 86.5 cm³/mol. The molecule has 0 heterocycles. The van der Waals surface area contributed by atoms with Crippen LogP contribution in [0.2, 0.25) is 5.02 Å². The van der Waals surface area contributed by atoms with Gasteiger partial charge in [0, 0.05) is 11.1 Å². The van der Waals surface area contributed by atoms with Crippen LogP contribution in [0.25, 0.3) is 6.08 Å². The van der Waals surface area contributed by atoms with E-state index in [1.165, 1.54) is 0 Å². The topological polar surface area (TPSA) is 52.6 Å². The molecule has 0 amide bonds. The molecule has 0 saturated heterocycles. The van der Waals surface area contributed by atoms with Crippen molar-refractivity contribution in [2.45, 2.75) is 20.8 Å². The highest BCUT2D eigenvalue weighted by Gasteiger charge is 2.15. The lowest BCUT2D eigenvalue weighted by molar-refractivity contribution is -0.140. The third-order valence-corrected chi connectivity index (χ3v) is 2.94. The smallest absolute Gasteiger partial charge is 0.338 e. The lowest BCUT2D eigenvalue weighted by Crippen LogP contribution is -2.12. The van der Waals surface area contributed by atoms with E-state index >= 15 is 0 Å². The molecule has 1 aromatic carbocycles. The molecular weight excluding hydrogens is 304 g/mol. The van der Waals surface area contributed by atoms with Gasteiger partial charge < -0.3 is 9.47 Å². The fourth-order valence-electron chi connectivity index (χ4n) is 1.77. The maximum absolute atomic E-state index is 12.0. The molecule has 0 atom stereocenters. The summed E-state index contributed by atoms with van der Waals surface area (Å²) in [5, 5.41) is 0.591. The zero-order chi connectivity index (χ0) is 16.5. The lowest BCUT2D eigenvalue weighted by atomic mass is 10.0. The first-order valence-corrected chi connectivity index (χ1v) is 7.35. The number of carbonyl (C=O) groups excluding carboxylic acids is 2. The molecule has 1 aromatic rings. The molecule has 0 fully saturated rings. The molecule has 0 aliphatic carbocycles. The fourth-order valence-corrected chi connectivity index (χ4v) is 1.97. The van der Waals surface area contributed by atoms with Gasteiger partial charge in [0.1, 0.15) is 0 Å². The maximum atomic E-state index is 12.0. The molecule has 0 aliphatic rings. The Bertz CT molecular complexity index is 602. The largest absolute Gasteiger partial charge is 0.463 e. The van der Waals surface area contributed by atoms with Crippen molar-refractivity contribution < 1.29 is 19.1 Å². The monoisotopic (exact) mass is 322 g/mol. The van der Waals surface area contributed by atoms with Crippen molar-refractivity contribution in [3.8, 4) is 0 Å². The second-order valence-electron chi connectivity index (χ2n) is 4.41. The van der Waals surface area contributed by atoms with Gasteiger partial charge in [0.15, 0.2) is 0 Å². The Balaban J connectivity index is 3.14. The SMILES string of the molecule is CCOC(=O)/C=C(C(=O)OCC)\C(C)=C\c1cccc(Cl)c1. The van der Waals surface area contributed by atoms with E-state index in [1.807, 2.05) is 6.07 Å². The minimum atomic E-state index is -0.579. The van der Waals surface area contributed by atoms with Gasteiger partial charge in [-0.05, 0) is 44.0 Å². The molecule has 0 aromatic heterocycles. The molecule has 5 heteroatoms. The summed E-state index contributed by atoms with van der Waals surface area (Å²) in [7, 11) is 0. The summed E-state index contributed by atoms with van der Waals surface area (Å²) in [5.41, 5.74) is 1.58. The van der Waals surface area contributed by atoms with Crippen molar-refractivity contribution in [1.82, 2.24) is 0 Å². The number of esters is 2. The minimum absolute atomic E-state index is 0.167. The summed E-state index contributed by atoms with van der Waals surface area (Å²) in [6, 6.07) is 7.18. The van der Waals surface area contributed by atoms with Gasteiger partial charge in [0.05, 0.1) is 18.8 Å². The first-order valence-electron chi connectivity index (χ1n) is 6.97. The molecule has 0 saturated carbocycles. The zero-order valence-corrected chi connectivity index (χ0v) is 13.6. The van der Waals surface area contributed by atoms with Crippen molar-refractivity contribution in [2.75, 3.05) is 13.2 Å². The lowest BCUT2D eigenvalue weighted by Gasteiger charge is -2.08. The summed E-state index contributed by atoms with van der Waals surface area (Å²) < 4.78 is 9.83. The van der Waals surface area contributed by atoms with Gasteiger partial charge >= 0.3 is 11.9 Å². The molecule has 22 heavy (non-hydrogen) atoms. The Labute approximate surface area is 135 Å². The molecule has 0 unspecified atom stereocenters. The Morgan fingerprint density at radius 3 is 2.45 bits per heavy atom. The van der Waals surface area contributed by atoms with Gasteiger partial charge in [-0.3, -0.25) is 0 Å². The number of carbonyl (C=O) groups is 2. The van der Waals surface area contributed by atoms with Crippen LogP contribution in [0.3, 0.4) is 0 Å². The molecule has 0 aliphatic heterocycles. The van der Waals surface area contributed by atoms with E-state index < -0.39 is 11.9 Å². The molecular formula is C17H19ClO4. The van der Waals surface area contributed by atoms with Crippen LogP contribution in [0.5, 0.6) is 0 Å². The highest BCUT2D eigenvalue weighted by molar-refractivity contribution is 6.30. The molecule has 0 N–H and O–H groups in total. The van der Waals surface area contributed by atoms with E-state index in [0.29, 0.717) is 10.6 Å². The highest BCUT2D eigenvalue weighted by atomic mass is 35.5. The van der Waals surface area contributed by atoms with Crippen LogP contribution >= 0.6 is 11.6 Å². The summed E-state index contributed by atoms with van der Waals surface area (Å²) in [6.07, 6.45) is 2.91. The van der Waals surface area contributed by atoms with E-state index in [0.717, 1.165) is 11.6 Å². The van der Waals surface area contributed by atoms with Crippen LogP contribution in [-0.2, 0) is 19.1 Å². The van der Waals surface area contributed by atoms with Gasteiger partial charge in [0.2, 0.25) is 0 Å². The zero-order valence-electron chi connectivity index (χ0n) is 12.9. The average Bonchev–Trinajstić information content (AvgIpc) is 2.45.